The van der Waals surface area contributed by atoms with Crippen LogP contribution >= 0.6 is 0 Å². The number of nitrogens with zero attached hydrogens (tertiary/aromatic N) is 2. The van der Waals surface area contributed by atoms with Crippen molar-refractivity contribution in [2.24, 2.45) is 0 Å². The molecule has 0 saturated carbocycles. The van der Waals surface area contributed by atoms with Crippen LogP contribution in [-0.2, 0) is 0 Å². The van der Waals surface area contributed by atoms with Crippen molar-refractivity contribution in [3.63, 3.8) is 0 Å². The van der Waals surface area contributed by atoms with Crippen LogP contribution in [-0.4, -0.2) is 17.7 Å². The van der Waals surface area contributed by atoms with E-state index >= 15 is 0 Å². The van der Waals surface area contributed by atoms with Crippen molar-refractivity contribution in [2.45, 2.75) is 0 Å². The molecular weight excluding hydrogens is 344 g/mol. The SMILES string of the molecule is N#Cc1ccccc1Nc1cc(C(=O)Nc2ccc3c(c2)OCO3)ccn1. The van der Waals surface area contributed by atoms with Gasteiger partial charge in [-0.1, -0.05) is 12.1 Å². The minimum Gasteiger partial charge on any atom is -0.454 e. The van der Waals surface area contributed by atoms with Gasteiger partial charge in [0.05, 0.1) is 11.3 Å². The molecule has 7 heteroatoms. The summed E-state index contributed by atoms with van der Waals surface area (Å²) in [6, 6.07) is 17.6. The summed E-state index contributed by atoms with van der Waals surface area (Å²) < 4.78 is 10.6. The smallest absolute Gasteiger partial charge is 0.255 e. The number of aromatic nitrogens is 1. The summed E-state index contributed by atoms with van der Waals surface area (Å²) in [5.41, 5.74) is 2.15. The van der Waals surface area contributed by atoms with E-state index in [1.807, 2.05) is 6.07 Å². The summed E-state index contributed by atoms with van der Waals surface area (Å²) in [5, 5.41) is 15.1. The standard InChI is InChI=1S/C20H14N4O3/c21-11-14-3-1-2-4-16(14)24-19-9-13(7-8-22-19)20(25)23-15-5-6-17-18(10-15)27-12-26-17/h1-10H,12H2,(H,22,24)(H,23,25). The summed E-state index contributed by atoms with van der Waals surface area (Å²) in [6.45, 7) is 0.177. The van der Waals surface area contributed by atoms with Crippen LogP contribution in [0.15, 0.2) is 60.8 Å². The van der Waals surface area contributed by atoms with Crippen LogP contribution in [0.2, 0.25) is 0 Å². The molecule has 0 aliphatic carbocycles. The van der Waals surface area contributed by atoms with Gasteiger partial charge in [0.2, 0.25) is 6.79 Å². The number of amides is 1. The third-order valence-electron chi connectivity index (χ3n) is 3.96. The Bertz CT molecular complexity index is 1060. The molecule has 1 aromatic heterocycles. The molecule has 2 heterocycles. The highest BCUT2D eigenvalue weighted by molar-refractivity contribution is 6.04. The minimum absolute atomic E-state index is 0.177. The number of fused-ring (bicyclic) bond motifs is 1. The molecule has 7 nitrogen and oxygen atoms in total. The van der Waals surface area contributed by atoms with Crippen molar-refractivity contribution in [3.05, 3.63) is 71.9 Å². The second kappa shape index (κ2) is 7.06. The highest BCUT2D eigenvalue weighted by Crippen LogP contribution is 2.34. The quantitative estimate of drug-likeness (QED) is 0.738. The Morgan fingerprint density at radius 2 is 1.93 bits per heavy atom. The van der Waals surface area contributed by atoms with Crippen molar-refractivity contribution >= 4 is 23.1 Å². The lowest BCUT2D eigenvalue weighted by molar-refractivity contribution is 0.102. The zero-order valence-electron chi connectivity index (χ0n) is 14.1. The number of ether oxygens (including phenoxy) is 2. The maximum atomic E-state index is 12.6. The van der Waals surface area contributed by atoms with Crippen molar-refractivity contribution < 1.29 is 14.3 Å². The first kappa shape index (κ1) is 16.4. The van der Waals surface area contributed by atoms with E-state index in [9.17, 15) is 10.1 Å². The van der Waals surface area contributed by atoms with Crippen LogP contribution in [0.4, 0.5) is 17.2 Å². The average Bonchev–Trinajstić information content (AvgIpc) is 3.16. The number of anilines is 3. The monoisotopic (exact) mass is 358 g/mol. The molecule has 2 aromatic carbocycles. The average molecular weight is 358 g/mol. The van der Waals surface area contributed by atoms with Gasteiger partial charge in [0, 0.05) is 23.5 Å². The number of nitriles is 1. The zero-order valence-corrected chi connectivity index (χ0v) is 14.1. The number of nitrogens with one attached hydrogen (secondary N) is 2. The zero-order chi connectivity index (χ0) is 18.6. The van der Waals surface area contributed by atoms with Crippen LogP contribution in [0.1, 0.15) is 15.9 Å². The lowest BCUT2D eigenvalue weighted by Gasteiger charge is -2.09. The topological polar surface area (TPSA) is 96.3 Å². The predicted octanol–water partition coefficient (Wildman–Crippen LogP) is 3.68. The van der Waals surface area contributed by atoms with Gasteiger partial charge in [-0.3, -0.25) is 4.79 Å². The van der Waals surface area contributed by atoms with Gasteiger partial charge < -0.3 is 20.1 Å². The van der Waals surface area contributed by atoms with Gasteiger partial charge >= 0.3 is 0 Å². The van der Waals surface area contributed by atoms with E-state index in [1.165, 1.54) is 6.20 Å². The molecular formula is C20H14N4O3. The Morgan fingerprint density at radius 3 is 2.81 bits per heavy atom. The van der Waals surface area contributed by atoms with Gasteiger partial charge in [-0.25, -0.2) is 4.98 Å². The Balaban J connectivity index is 1.52. The minimum atomic E-state index is -0.284. The van der Waals surface area contributed by atoms with Crippen molar-refractivity contribution in [3.8, 4) is 17.6 Å². The summed E-state index contributed by atoms with van der Waals surface area (Å²) in [6.07, 6.45) is 1.53. The number of rotatable bonds is 4. The van der Waals surface area contributed by atoms with Gasteiger partial charge in [-0.15, -0.1) is 0 Å². The lowest BCUT2D eigenvalue weighted by atomic mass is 10.2. The van der Waals surface area contributed by atoms with Crippen LogP contribution in [0.25, 0.3) is 0 Å². The largest absolute Gasteiger partial charge is 0.454 e. The van der Waals surface area contributed by atoms with Crippen LogP contribution in [0.3, 0.4) is 0 Å². The Hall–Kier alpha value is -4.05. The first-order chi connectivity index (χ1) is 13.2. The Labute approximate surface area is 155 Å². The molecule has 0 atom stereocenters. The molecule has 1 amide bonds. The van der Waals surface area contributed by atoms with E-state index < -0.39 is 0 Å². The number of carbonyl (C=O) groups excluding carboxylic acids is 1. The number of carbonyl (C=O) groups is 1. The van der Waals surface area contributed by atoms with Crippen LogP contribution in [0, 0.1) is 11.3 Å². The Morgan fingerprint density at radius 1 is 1.07 bits per heavy atom. The van der Waals surface area contributed by atoms with Gasteiger partial charge in [0.25, 0.3) is 5.91 Å². The first-order valence-electron chi connectivity index (χ1n) is 8.16. The first-order valence-corrected chi connectivity index (χ1v) is 8.16. The van der Waals surface area contributed by atoms with Gasteiger partial charge in [-0.05, 0) is 36.4 Å². The second-order valence-corrected chi connectivity index (χ2v) is 5.73. The Kier molecular flexibility index (Phi) is 4.29. The van der Waals surface area contributed by atoms with E-state index in [2.05, 4.69) is 21.7 Å². The fourth-order valence-electron chi connectivity index (χ4n) is 2.65. The van der Waals surface area contributed by atoms with Gasteiger partial charge in [0.1, 0.15) is 11.9 Å². The van der Waals surface area contributed by atoms with Crippen molar-refractivity contribution in [1.29, 1.82) is 5.26 Å². The highest BCUT2D eigenvalue weighted by atomic mass is 16.7. The van der Waals surface area contributed by atoms with Crippen LogP contribution < -0.4 is 20.1 Å². The fraction of sp³-hybridized carbons (Fsp3) is 0.0500. The molecule has 0 saturated heterocycles. The molecule has 1 aliphatic rings. The number of para-hydroxylation sites is 1. The van der Waals surface area contributed by atoms with Gasteiger partial charge in [0.15, 0.2) is 11.5 Å². The summed E-state index contributed by atoms with van der Waals surface area (Å²) >= 11 is 0. The molecule has 0 spiro atoms. The van der Waals surface area contributed by atoms with Gasteiger partial charge in [-0.2, -0.15) is 5.26 Å². The molecule has 132 valence electrons. The fourth-order valence-corrected chi connectivity index (χ4v) is 2.65. The van der Waals surface area contributed by atoms with Crippen LogP contribution in [0.5, 0.6) is 11.5 Å². The number of pyridine rings is 1. The molecule has 0 bridgehead atoms. The molecule has 1 aliphatic heterocycles. The molecule has 0 fully saturated rings. The third-order valence-corrected chi connectivity index (χ3v) is 3.96. The number of hydrogen-bond acceptors (Lipinski definition) is 6. The van der Waals surface area contributed by atoms with Crippen molar-refractivity contribution in [2.75, 3.05) is 17.4 Å². The number of benzene rings is 2. The molecule has 0 radical (unpaired) electrons. The van der Waals surface area contributed by atoms with E-state index in [4.69, 9.17) is 9.47 Å². The van der Waals surface area contributed by atoms with E-state index in [-0.39, 0.29) is 12.7 Å². The summed E-state index contributed by atoms with van der Waals surface area (Å²) in [4.78, 5) is 16.8. The molecule has 3 aromatic rings. The summed E-state index contributed by atoms with van der Waals surface area (Å²) in [5.74, 6) is 1.43. The normalized spacial score (nSPS) is 11.5. The van der Waals surface area contributed by atoms with E-state index in [0.29, 0.717) is 39.8 Å². The predicted molar refractivity (Wildman–Crippen MR) is 99.2 cm³/mol. The summed E-state index contributed by atoms with van der Waals surface area (Å²) in [7, 11) is 0. The maximum absolute atomic E-state index is 12.6. The van der Waals surface area contributed by atoms with E-state index in [0.717, 1.165) is 0 Å². The van der Waals surface area contributed by atoms with Crippen molar-refractivity contribution in [1.82, 2.24) is 4.98 Å². The second-order valence-electron chi connectivity index (χ2n) is 5.73. The number of hydrogen-bond donors (Lipinski definition) is 2. The molecule has 2 N–H and O–H groups in total. The molecule has 0 unspecified atom stereocenters. The molecule has 27 heavy (non-hydrogen) atoms. The van der Waals surface area contributed by atoms with E-state index in [1.54, 1.807) is 48.5 Å². The lowest BCUT2D eigenvalue weighted by Crippen LogP contribution is -2.12. The maximum Gasteiger partial charge on any atom is 0.255 e. The molecule has 4 rings (SSSR count). The highest BCUT2D eigenvalue weighted by Gasteiger charge is 2.15. The third kappa shape index (κ3) is 3.50.